The quantitative estimate of drug-likeness (QED) is 0.353. The summed E-state index contributed by atoms with van der Waals surface area (Å²) in [4.78, 5) is 31.1. The van der Waals surface area contributed by atoms with Gasteiger partial charge in [0.1, 0.15) is 0 Å². The van der Waals surface area contributed by atoms with Crippen molar-refractivity contribution in [2.75, 3.05) is 6.61 Å². The molecule has 0 radical (unpaired) electrons. The molecule has 0 aromatic heterocycles. The predicted octanol–water partition coefficient (Wildman–Crippen LogP) is 1.97. The molecule has 1 N–H and O–H groups in total. The van der Waals surface area contributed by atoms with Crippen LogP contribution in [0.5, 0.6) is 0 Å². The Bertz CT molecular complexity index is 335. The van der Waals surface area contributed by atoms with Crippen LogP contribution in [0.4, 0.5) is 0 Å². The second-order valence-electron chi connectivity index (χ2n) is 5.52. The molecule has 18 heavy (non-hydrogen) atoms. The minimum absolute atomic E-state index is 0.0318. The standard InChI is InChI=1S/C13H22N2O3/c1-4-7-18-15-12(17)10-5-6-11(14-9-16)13(2,3)8-10/h10-11H,4-8H2,1-3H3,(H,15,17). The third-order valence-corrected chi connectivity index (χ3v) is 3.52. The van der Waals surface area contributed by atoms with Crippen molar-refractivity contribution >= 4 is 12.0 Å². The minimum Gasteiger partial charge on any atom is -0.274 e. The Hall–Kier alpha value is -1.19. The molecular weight excluding hydrogens is 232 g/mol. The summed E-state index contributed by atoms with van der Waals surface area (Å²) in [5.41, 5.74) is 2.34. The molecule has 2 atom stereocenters. The van der Waals surface area contributed by atoms with E-state index in [0.29, 0.717) is 13.0 Å². The summed E-state index contributed by atoms with van der Waals surface area (Å²) < 4.78 is 0. The Morgan fingerprint density at radius 2 is 2.22 bits per heavy atom. The maximum atomic E-state index is 11.9. The first-order chi connectivity index (χ1) is 8.51. The fraction of sp³-hybridized carbons (Fsp3) is 0.846. The molecule has 1 saturated carbocycles. The summed E-state index contributed by atoms with van der Waals surface area (Å²) in [5, 5.41) is 0. The van der Waals surface area contributed by atoms with E-state index in [-0.39, 0.29) is 23.3 Å². The number of aliphatic imine (C=N–C) groups is 1. The van der Waals surface area contributed by atoms with E-state index in [4.69, 9.17) is 4.84 Å². The molecule has 1 aliphatic rings. The first-order valence-electron chi connectivity index (χ1n) is 6.50. The zero-order valence-corrected chi connectivity index (χ0v) is 11.4. The number of amides is 1. The molecule has 0 aliphatic heterocycles. The van der Waals surface area contributed by atoms with E-state index in [1.54, 1.807) is 6.08 Å². The largest absolute Gasteiger partial charge is 0.274 e. The first kappa shape index (κ1) is 14.9. The lowest BCUT2D eigenvalue weighted by atomic mass is 9.69. The molecular formula is C13H22N2O3. The molecule has 0 bridgehead atoms. The van der Waals surface area contributed by atoms with Crippen LogP contribution in [0.1, 0.15) is 46.5 Å². The number of nitrogens with zero attached hydrogens (tertiary/aromatic N) is 1. The van der Waals surface area contributed by atoms with Crippen molar-refractivity contribution in [2.24, 2.45) is 16.3 Å². The third kappa shape index (κ3) is 3.93. The van der Waals surface area contributed by atoms with Gasteiger partial charge in [-0.15, -0.1) is 0 Å². The Morgan fingerprint density at radius 3 is 2.78 bits per heavy atom. The SMILES string of the molecule is CCCONC(=O)C1CCC(N=C=O)C(C)(C)C1. The van der Waals surface area contributed by atoms with Crippen LogP contribution in [0, 0.1) is 11.3 Å². The van der Waals surface area contributed by atoms with E-state index in [9.17, 15) is 9.59 Å². The van der Waals surface area contributed by atoms with Crippen molar-refractivity contribution in [1.82, 2.24) is 5.48 Å². The topological polar surface area (TPSA) is 67.8 Å². The molecule has 0 aromatic rings. The summed E-state index contributed by atoms with van der Waals surface area (Å²) in [7, 11) is 0. The minimum atomic E-state index is -0.150. The average Bonchev–Trinajstić information content (AvgIpc) is 2.31. The second kappa shape index (κ2) is 6.66. The van der Waals surface area contributed by atoms with Crippen molar-refractivity contribution in [3.63, 3.8) is 0 Å². The normalized spacial score (nSPS) is 26.2. The lowest BCUT2D eigenvalue weighted by molar-refractivity contribution is -0.140. The number of isocyanates is 1. The van der Waals surface area contributed by atoms with Gasteiger partial charge in [0, 0.05) is 5.92 Å². The van der Waals surface area contributed by atoms with Gasteiger partial charge in [0.05, 0.1) is 12.6 Å². The maximum absolute atomic E-state index is 11.9. The van der Waals surface area contributed by atoms with Crippen LogP contribution in [-0.4, -0.2) is 24.6 Å². The van der Waals surface area contributed by atoms with Crippen LogP contribution >= 0.6 is 0 Å². The number of hydrogen-bond acceptors (Lipinski definition) is 4. The van der Waals surface area contributed by atoms with Gasteiger partial charge >= 0.3 is 0 Å². The van der Waals surface area contributed by atoms with E-state index < -0.39 is 0 Å². The molecule has 0 aromatic carbocycles. The van der Waals surface area contributed by atoms with Crippen LogP contribution in [0.25, 0.3) is 0 Å². The average molecular weight is 254 g/mol. The van der Waals surface area contributed by atoms with Crippen molar-refractivity contribution in [3.05, 3.63) is 0 Å². The van der Waals surface area contributed by atoms with Crippen molar-refractivity contribution < 1.29 is 14.4 Å². The molecule has 5 nitrogen and oxygen atoms in total. The Labute approximate surface area is 108 Å². The second-order valence-corrected chi connectivity index (χ2v) is 5.52. The monoisotopic (exact) mass is 254 g/mol. The third-order valence-electron chi connectivity index (χ3n) is 3.52. The summed E-state index contributed by atoms with van der Waals surface area (Å²) in [6.07, 6.45) is 4.69. The maximum Gasteiger partial charge on any atom is 0.246 e. The van der Waals surface area contributed by atoms with Crippen LogP contribution < -0.4 is 5.48 Å². The molecule has 1 aliphatic carbocycles. The van der Waals surface area contributed by atoms with E-state index in [0.717, 1.165) is 19.3 Å². The Morgan fingerprint density at radius 1 is 1.50 bits per heavy atom. The number of hydroxylamine groups is 1. The summed E-state index contributed by atoms with van der Waals surface area (Å²) in [6.45, 7) is 6.58. The number of nitrogens with one attached hydrogen (secondary N) is 1. The molecule has 0 heterocycles. The fourth-order valence-corrected chi connectivity index (χ4v) is 2.46. The fourth-order valence-electron chi connectivity index (χ4n) is 2.46. The van der Waals surface area contributed by atoms with E-state index in [1.807, 2.05) is 20.8 Å². The van der Waals surface area contributed by atoms with Crippen molar-refractivity contribution in [3.8, 4) is 0 Å². The summed E-state index contributed by atoms with van der Waals surface area (Å²) >= 11 is 0. The van der Waals surface area contributed by atoms with Crippen LogP contribution in [0.3, 0.4) is 0 Å². The first-order valence-corrected chi connectivity index (χ1v) is 6.50. The molecule has 0 spiro atoms. The van der Waals surface area contributed by atoms with Crippen LogP contribution in [-0.2, 0) is 14.4 Å². The predicted molar refractivity (Wildman–Crippen MR) is 67.4 cm³/mol. The lowest BCUT2D eigenvalue weighted by Gasteiger charge is -2.38. The van der Waals surface area contributed by atoms with Crippen molar-refractivity contribution in [2.45, 2.75) is 52.5 Å². The highest BCUT2D eigenvalue weighted by atomic mass is 16.6. The van der Waals surface area contributed by atoms with Gasteiger partial charge < -0.3 is 0 Å². The molecule has 5 heteroatoms. The van der Waals surface area contributed by atoms with Gasteiger partial charge in [-0.05, 0) is 31.1 Å². The molecule has 1 rings (SSSR count). The van der Waals surface area contributed by atoms with Crippen molar-refractivity contribution in [1.29, 1.82) is 0 Å². The molecule has 1 fully saturated rings. The van der Waals surface area contributed by atoms with Gasteiger partial charge in [-0.2, -0.15) is 0 Å². The number of carbonyl (C=O) groups excluding carboxylic acids is 2. The molecule has 102 valence electrons. The smallest absolute Gasteiger partial charge is 0.246 e. The number of rotatable bonds is 5. The lowest BCUT2D eigenvalue weighted by Crippen LogP contribution is -2.41. The number of carbonyl (C=O) groups is 1. The van der Waals surface area contributed by atoms with Crippen LogP contribution in [0.15, 0.2) is 4.99 Å². The highest BCUT2D eigenvalue weighted by molar-refractivity contribution is 5.77. The van der Waals surface area contributed by atoms with Gasteiger partial charge in [-0.3, -0.25) is 9.63 Å². The highest BCUT2D eigenvalue weighted by Gasteiger charge is 2.39. The summed E-state index contributed by atoms with van der Waals surface area (Å²) in [5.74, 6) is -0.125. The van der Waals surface area contributed by atoms with Gasteiger partial charge in [-0.1, -0.05) is 20.8 Å². The van der Waals surface area contributed by atoms with Gasteiger partial charge in [0.25, 0.3) is 0 Å². The zero-order chi connectivity index (χ0) is 13.6. The van der Waals surface area contributed by atoms with E-state index >= 15 is 0 Å². The zero-order valence-electron chi connectivity index (χ0n) is 11.4. The summed E-state index contributed by atoms with van der Waals surface area (Å²) in [6, 6.07) is -0.0318. The number of hydrogen-bond donors (Lipinski definition) is 1. The highest BCUT2D eigenvalue weighted by Crippen LogP contribution is 2.40. The van der Waals surface area contributed by atoms with Gasteiger partial charge in [0.15, 0.2) is 0 Å². The molecule has 0 saturated heterocycles. The van der Waals surface area contributed by atoms with E-state index in [2.05, 4.69) is 10.5 Å². The Kier molecular flexibility index (Phi) is 5.51. The Balaban J connectivity index is 2.52. The molecule has 2 unspecified atom stereocenters. The van der Waals surface area contributed by atoms with Gasteiger partial charge in [0.2, 0.25) is 12.0 Å². The van der Waals surface area contributed by atoms with E-state index in [1.165, 1.54) is 0 Å². The van der Waals surface area contributed by atoms with Gasteiger partial charge in [-0.25, -0.2) is 15.3 Å². The molecule has 1 amide bonds. The van der Waals surface area contributed by atoms with Crippen LogP contribution in [0.2, 0.25) is 0 Å².